The average Bonchev–Trinajstić information content (AvgIpc) is 3.38. The number of hydrogen-bond acceptors (Lipinski definition) is 8. The zero-order valence-corrected chi connectivity index (χ0v) is 21.2. The van der Waals surface area contributed by atoms with E-state index in [1.54, 1.807) is 12.3 Å². The van der Waals surface area contributed by atoms with Gasteiger partial charge in [0, 0.05) is 43.8 Å². The molecule has 1 saturated carbocycles. The molecular weight excluding hydrogens is 466 g/mol. The van der Waals surface area contributed by atoms with Gasteiger partial charge in [0.2, 0.25) is 5.95 Å². The Morgan fingerprint density at radius 2 is 1.91 bits per heavy atom. The summed E-state index contributed by atoms with van der Waals surface area (Å²) in [5.41, 5.74) is 1.64. The van der Waals surface area contributed by atoms with Crippen LogP contribution in [0.2, 0.25) is 0 Å². The summed E-state index contributed by atoms with van der Waals surface area (Å²) in [6, 6.07) is 5.92. The second-order valence-electron chi connectivity index (χ2n) is 9.56. The van der Waals surface area contributed by atoms with Crippen LogP contribution < -0.4 is 25.8 Å². The van der Waals surface area contributed by atoms with E-state index >= 15 is 0 Å². The number of aromatic nitrogens is 4. The summed E-state index contributed by atoms with van der Waals surface area (Å²) in [4.78, 5) is 29.5. The average molecular weight is 500 g/mol. The van der Waals surface area contributed by atoms with Crippen molar-refractivity contribution in [2.45, 2.75) is 45.6 Å². The van der Waals surface area contributed by atoms with Crippen molar-refractivity contribution in [3.8, 4) is 5.75 Å². The van der Waals surface area contributed by atoms with E-state index in [4.69, 9.17) is 9.72 Å². The second kappa shape index (κ2) is 11.2. The minimum Gasteiger partial charge on any atom is -0.488 e. The molecule has 5 rings (SSSR count). The third-order valence-corrected chi connectivity index (χ3v) is 6.47. The van der Waals surface area contributed by atoms with E-state index in [1.165, 1.54) is 0 Å². The zero-order chi connectivity index (χ0) is 23.5. The van der Waals surface area contributed by atoms with Gasteiger partial charge in [0.15, 0.2) is 5.75 Å². The normalized spacial score (nSPS) is 16.5. The zero-order valence-electron chi connectivity index (χ0n) is 20.4. The first-order chi connectivity index (χ1) is 16.6. The highest BCUT2D eigenvalue weighted by molar-refractivity contribution is 5.85. The predicted octanol–water partition coefficient (Wildman–Crippen LogP) is 3.91. The molecule has 188 valence electrons. The summed E-state index contributed by atoms with van der Waals surface area (Å²) >= 11 is 0. The van der Waals surface area contributed by atoms with Crippen molar-refractivity contribution in [3.63, 3.8) is 0 Å². The van der Waals surface area contributed by atoms with E-state index in [1.807, 2.05) is 16.8 Å². The van der Waals surface area contributed by atoms with E-state index in [9.17, 15) is 4.79 Å². The predicted molar refractivity (Wildman–Crippen MR) is 141 cm³/mol. The smallest absolute Gasteiger partial charge is 0.294 e. The van der Waals surface area contributed by atoms with E-state index in [0.29, 0.717) is 35.7 Å². The molecule has 0 atom stereocenters. The highest BCUT2D eigenvalue weighted by Gasteiger charge is 2.23. The van der Waals surface area contributed by atoms with Gasteiger partial charge in [0.25, 0.3) is 5.56 Å². The van der Waals surface area contributed by atoms with Crippen molar-refractivity contribution in [2.75, 3.05) is 43.0 Å². The number of rotatable bonds is 7. The van der Waals surface area contributed by atoms with Crippen LogP contribution in [0, 0.1) is 5.92 Å². The highest BCUT2D eigenvalue weighted by atomic mass is 35.5. The fraction of sp³-hybridized carbons (Fsp3) is 0.520. The number of hydrogen-bond donors (Lipinski definition) is 2. The molecule has 10 heteroatoms. The van der Waals surface area contributed by atoms with E-state index in [2.05, 4.69) is 45.4 Å². The molecule has 9 nitrogen and oxygen atoms in total. The summed E-state index contributed by atoms with van der Waals surface area (Å²) in [5.74, 6) is 1.81. The lowest BCUT2D eigenvalue weighted by Gasteiger charge is -2.29. The van der Waals surface area contributed by atoms with Crippen molar-refractivity contribution in [1.82, 2.24) is 24.8 Å². The van der Waals surface area contributed by atoms with Crippen LogP contribution in [0.1, 0.15) is 45.6 Å². The number of pyridine rings is 2. The molecule has 0 aromatic carbocycles. The molecule has 2 N–H and O–H groups in total. The number of fused-ring (bicyclic) bond motifs is 1. The van der Waals surface area contributed by atoms with Gasteiger partial charge in [-0.2, -0.15) is 4.98 Å². The van der Waals surface area contributed by atoms with Crippen molar-refractivity contribution in [2.24, 2.45) is 5.92 Å². The lowest BCUT2D eigenvalue weighted by Crippen LogP contribution is -2.43. The lowest BCUT2D eigenvalue weighted by atomic mass is 10.2. The van der Waals surface area contributed by atoms with Crippen LogP contribution in [0.3, 0.4) is 0 Å². The molecule has 3 aromatic heterocycles. The standard InChI is InChI=1S/C25H33N7O2.ClH/c1-17(2)16-34-21-13-18-14-28-25(30-23(18)32(24(21)33)19-5-3-4-6-19)29-22-8-7-20(15-27-22)31-11-9-26-10-12-31;/h7-8,13-15,17,19,26H,3-6,9-12,16H2,1-2H3,(H,27,28,29,30);1H. The van der Waals surface area contributed by atoms with Crippen molar-refractivity contribution in [1.29, 1.82) is 0 Å². The Morgan fingerprint density at radius 3 is 2.60 bits per heavy atom. The molecule has 35 heavy (non-hydrogen) atoms. The van der Waals surface area contributed by atoms with Gasteiger partial charge in [-0.1, -0.05) is 26.7 Å². The van der Waals surface area contributed by atoms with Gasteiger partial charge in [-0.15, -0.1) is 12.4 Å². The third-order valence-electron chi connectivity index (χ3n) is 6.47. The monoisotopic (exact) mass is 499 g/mol. The number of nitrogens with zero attached hydrogens (tertiary/aromatic N) is 5. The Hall–Kier alpha value is -2.91. The Bertz CT molecular complexity index is 1190. The van der Waals surface area contributed by atoms with Gasteiger partial charge in [-0.05, 0) is 37.0 Å². The maximum absolute atomic E-state index is 13.4. The van der Waals surface area contributed by atoms with Crippen LogP contribution in [-0.4, -0.2) is 52.3 Å². The van der Waals surface area contributed by atoms with E-state index in [-0.39, 0.29) is 24.0 Å². The van der Waals surface area contributed by atoms with Gasteiger partial charge in [0.1, 0.15) is 11.5 Å². The molecule has 4 heterocycles. The van der Waals surface area contributed by atoms with Gasteiger partial charge >= 0.3 is 0 Å². The van der Waals surface area contributed by atoms with Crippen LogP contribution in [0.25, 0.3) is 11.0 Å². The number of anilines is 3. The maximum Gasteiger partial charge on any atom is 0.294 e. The first kappa shape index (κ1) is 25.2. The van der Waals surface area contributed by atoms with Crippen molar-refractivity contribution < 1.29 is 4.74 Å². The molecular formula is C25H34ClN7O2. The van der Waals surface area contributed by atoms with Gasteiger partial charge < -0.3 is 20.3 Å². The minimum atomic E-state index is -0.108. The Kier molecular flexibility index (Phi) is 8.07. The molecule has 2 fully saturated rings. The second-order valence-corrected chi connectivity index (χ2v) is 9.56. The quantitative estimate of drug-likeness (QED) is 0.505. The van der Waals surface area contributed by atoms with Crippen molar-refractivity contribution in [3.05, 3.63) is 40.9 Å². The van der Waals surface area contributed by atoms with Gasteiger partial charge in [-0.3, -0.25) is 9.36 Å². The summed E-state index contributed by atoms with van der Waals surface area (Å²) in [5, 5.41) is 7.37. The molecule has 2 aliphatic rings. The molecule has 0 amide bonds. The van der Waals surface area contributed by atoms with Crippen LogP contribution in [0.4, 0.5) is 17.5 Å². The molecule has 0 spiro atoms. The Labute approximate surface area is 211 Å². The number of nitrogens with one attached hydrogen (secondary N) is 2. The topological polar surface area (TPSA) is 97.2 Å². The van der Waals surface area contributed by atoms with Crippen molar-refractivity contribution >= 4 is 40.9 Å². The molecule has 1 aliphatic carbocycles. The Morgan fingerprint density at radius 1 is 1.14 bits per heavy atom. The van der Waals surface area contributed by atoms with E-state index < -0.39 is 0 Å². The van der Waals surface area contributed by atoms with E-state index in [0.717, 1.165) is 62.9 Å². The summed E-state index contributed by atoms with van der Waals surface area (Å²) < 4.78 is 7.70. The molecule has 0 bridgehead atoms. The summed E-state index contributed by atoms with van der Waals surface area (Å²) in [6.45, 7) is 8.56. The van der Waals surface area contributed by atoms with Crippen LogP contribution in [-0.2, 0) is 0 Å². The van der Waals surface area contributed by atoms with Gasteiger partial charge in [0.05, 0.1) is 18.5 Å². The largest absolute Gasteiger partial charge is 0.488 e. The fourth-order valence-electron chi connectivity index (χ4n) is 4.70. The molecule has 1 aliphatic heterocycles. The third kappa shape index (κ3) is 5.67. The molecule has 0 unspecified atom stereocenters. The molecule has 3 aromatic rings. The summed E-state index contributed by atoms with van der Waals surface area (Å²) in [6.07, 6.45) is 7.83. The maximum atomic E-state index is 13.4. The lowest BCUT2D eigenvalue weighted by molar-refractivity contribution is 0.265. The molecule has 0 radical (unpaired) electrons. The van der Waals surface area contributed by atoms with Gasteiger partial charge in [-0.25, -0.2) is 9.97 Å². The van der Waals surface area contributed by atoms with Crippen LogP contribution in [0.5, 0.6) is 5.75 Å². The van der Waals surface area contributed by atoms with Crippen LogP contribution in [0.15, 0.2) is 35.4 Å². The number of piperazine rings is 1. The summed E-state index contributed by atoms with van der Waals surface area (Å²) in [7, 11) is 0. The Balaban J connectivity index is 0.00000289. The first-order valence-corrected chi connectivity index (χ1v) is 12.3. The minimum absolute atomic E-state index is 0. The first-order valence-electron chi connectivity index (χ1n) is 12.3. The number of ether oxygens (including phenoxy) is 1. The number of halogens is 1. The van der Waals surface area contributed by atoms with Crippen LogP contribution >= 0.6 is 12.4 Å². The highest BCUT2D eigenvalue weighted by Crippen LogP contribution is 2.31. The molecule has 1 saturated heterocycles. The fourth-order valence-corrected chi connectivity index (χ4v) is 4.70. The SMILES string of the molecule is CC(C)COc1cc2cnc(Nc3ccc(N4CCNCC4)cn3)nc2n(C2CCCC2)c1=O.Cl.